The van der Waals surface area contributed by atoms with E-state index in [4.69, 9.17) is 15.5 Å². The molecular weight excluding hydrogens is 529 g/mol. The molecule has 1 saturated heterocycles. The van der Waals surface area contributed by atoms with E-state index in [1.54, 1.807) is 24.0 Å². The normalized spacial score (nSPS) is 21.0. The monoisotopic (exact) mass is 565 g/mol. The molecule has 4 atom stereocenters. The van der Waals surface area contributed by atoms with Gasteiger partial charge in [-0.05, 0) is 54.9 Å². The summed E-state index contributed by atoms with van der Waals surface area (Å²) in [5, 5.41) is 7.95. The first-order valence-electron chi connectivity index (χ1n) is 12.9. The van der Waals surface area contributed by atoms with Gasteiger partial charge in [0.1, 0.15) is 17.8 Å². The van der Waals surface area contributed by atoms with Gasteiger partial charge in [-0.15, -0.1) is 0 Å². The molecule has 1 heterocycles. The highest BCUT2D eigenvalue weighted by molar-refractivity contribution is 7.46. The number of nitrogens with zero attached hydrogens (tertiary/aromatic N) is 1. The molecule has 0 radical (unpaired) electrons. The highest BCUT2D eigenvalue weighted by Gasteiger charge is 2.57. The van der Waals surface area contributed by atoms with Gasteiger partial charge in [0.2, 0.25) is 17.7 Å². The summed E-state index contributed by atoms with van der Waals surface area (Å²) in [4.78, 5) is 69.6. The number of fused-ring (bicyclic) bond motifs is 1. The van der Waals surface area contributed by atoms with E-state index >= 15 is 0 Å². The lowest BCUT2D eigenvalue weighted by Gasteiger charge is -2.30. The maximum atomic E-state index is 13.6. The predicted octanol–water partition coefficient (Wildman–Crippen LogP) is 0.868. The molecule has 13 nitrogen and oxygen atoms in total. The van der Waals surface area contributed by atoms with Crippen LogP contribution in [0.5, 0.6) is 5.75 Å². The number of hydrogen-bond acceptors (Lipinski definition) is 6. The minimum atomic E-state index is -4.68. The van der Waals surface area contributed by atoms with Crippen LogP contribution in [0.25, 0.3) is 5.57 Å². The first-order valence-corrected chi connectivity index (χ1v) is 14.4. The Morgan fingerprint density at radius 3 is 2.46 bits per heavy atom. The van der Waals surface area contributed by atoms with Crippen LogP contribution in [0, 0.1) is 11.8 Å². The number of urea groups is 1. The number of unbranched alkanes of at least 4 members (excludes halogenated alkanes) is 1. The van der Waals surface area contributed by atoms with Crippen molar-refractivity contribution in [2.75, 3.05) is 19.6 Å². The van der Waals surface area contributed by atoms with Gasteiger partial charge < -0.3 is 31.1 Å². The largest absolute Gasteiger partial charge is 0.524 e. The van der Waals surface area contributed by atoms with Crippen molar-refractivity contribution < 1.29 is 38.1 Å². The molecule has 39 heavy (non-hydrogen) atoms. The Labute approximate surface area is 226 Å². The molecule has 0 aromatic heterocycles. The number of nitrogens with one attached hydrogen (secondary N) is 3. The van der Waals surface area contributed by atoms with Crippen LogP contribution in [0.15, 0.2) is 30.3 Å². The van der Waals surface area contributed by atoms with E-state index in [0.29, 0.717) is 30.5 Å². The minimum Gasteiger partial charge on any atom is -0.404 e. The summed E-state index contributed by atoms with van der Waals surface area (Å²) in [6, 6.07) is 3.77. The van der Waals surface area contributed by atoms with Gasteiger partial charge >= 0.3 is 13.9 Å². The summed E-state index contributed by atoms with van der Waals surface area (Å²) in [7, 11) is -4.68. The Kier molecular flexibility index (Phi) is 10.1. The second kappa shape index (κ2) is 13.1. The number of rotatable bonds is 13. The van der Waals surface area contributed by atoms with E-state index < -0.39 is 31.8 Å². The zero-order valence-corrected chi connectivity index (χ0v) is 22.9. The van der Waals surface area contributed by atoms with Gasteiger partial charge in [0.25, 0.3) is 0 Å². The van der Waals surface area contributed by atoms with Gasteiger partial charge in [-0.2, -0.15) is 0 Å². The average molecular weight is 566 g/mol. The Hall–Kier alpha value is -3.41. The Balaban J connectivity index is 1.65. The van der Waals surface area contributed by atoms with Crippen LogP contribution in [0.1, 0.15) is 45.1 Å². The number of hydrogen-bond donors (Lipinski definition) is 6. The maximum Gasteiger partial charge on any atom is 0.524 e. The number of nitrogens with two attached hydrogens (primary N) is 1. The molecule has 1 aromatic rings. The van der Waals surface area contributed by atoms with Gasteiger partial charge in [-0.3, -0.25) is 24.2 Å². The van der Waals surface area contributed by atoms with Gasteiger partial charge in [0, 0.05) is 25.7 Å². The SMILES string of the molecule is CCCC[C@H](NC(=O)/C=C(\C)c1ccc(OP(=O)(O)O)cc1)C(=O)N1C[C@H]2C[C@H]2[C@H]1C(=O)NCCNC(N)=O. The highest BCUT2D eigenvalue weighted by atomic mass is 31.2. The van der Waals surface area contributed by atoms with Crippen molar-refractivity contribution in [1.82, 2.24) is 20.9 Å². The van der Waals surface area contributed by atoms with Crippen molar-refractivity contribution in [3.05, 3.63) is 35.9 Å². The second-order valence-corrected chi connectivity index (χ2v) is 11.0. The molecule has 1 saturated carbocycles. The molecule has 1 aliphatic heterocycles. The van der Waals surface area contributed by atoms with Crippen molar-refractivity contribution in [2.45, 2.75) is 51.6 Å². The molecule has 7 N–H and O–H groups in total. The Morgan fingerprint density at radius 1 is 1.18 bits per heavy atom. The third-order valence-corrected chi connectivity index (χ3v) is 7.22. The van der Waals surface area contributed by atoms with E-state index in [-0.39, 0.29) is 42.5 Å². The lowest BCUT2D eigenvalue weighted by Crippen LogP contribution is -2.55. The fourth-order valence-electron chi connectivity index (χ4n) is 4.78. The summed E-state index contributed by atoms with van der Waals surface area (Å²) in [6.45, 7) is 4.50. The third kappa shape index (κ3) is 8.81. The number of allylic oxidation sites excluding steroid dienone is 1. The molecule has 0 unspecified atom stereocenters. The summed E-state index contributed by atoms with van der Waals surface area (Å²) < 4.78 is 15.5. The number of primary amides is 1. The van der Waals surface area contributed by atoms with Crippen molar-refractivity contribution in [2.24, 2.45) is 17.6 Å². The first kappa shape index (κ1) is 30.1. The number of likely N-dealkylation sites (tertiary alicyclic amines) is 1. The summed E-state index contributed by atoms with van der Waals surface area (Å²) in [5.74, 6) is -0.733. The number of amides is 5. The third-order valence-electron chi connectivity index (χ3n) is 6.77. The smallest absolute Gasteiger partial charge is 0.404 e. The molecule has 0 spiro atoms. The van der Waals surface area contributed by atoms with Crippen LogP contribution in [0.3, 0.4) is 0 Å². The fraction of sp³-hybridized carbons (Fsp3) is 0.520. The quantitative estimate of drug-likeness (QED) is 0.115. The van der Waals surface area contributed by atoms with Crippen molar-refractivity contribution in [3.63, 3.8) is 0 Å². The number of carbonyl (C=O) groups is 4. The maximum absolute atomic E-state index is 13.6. The van der Waals surface area contributed by atoms with Crippen LogP contribution in [0.4, 0.5) is 4.79 Å². The lowest BCUT2D eigenvalue weighted by atomic mass is 10.0. The molecule has 2 fully saturated rings. The van der Waals surface area contributed by atoms with Gasteiger partial charge in [0.15, 0.2) is 0 Å². The number of piperidine rings is 1. The zero-order valence-electron chi connectivity index (χ0n) is 22.0. The Bertz CT molecular complexity index is 1150. The molecule has 1 aliphatic carbocycles. The predicted molar refractivity (Wildman–Crippen MR) is 142 cm³/mol. The van der Waals surface area contributed by atoms with Crippen molar-refractivity contribution in [1.29, 1.82) is 0 Å². The molecular formula is C25H36N5O8P. The summed E-state index contributed by atoms with van der Waals surface area (Å²) in [5.41, 5.74) is 6.24. The summed E-state index contributed by atoms with van der Waals surface area (Å²) in [6.07, 6.45) is 4.16. The second-order valence-electron chi connectivity index (χ2n) is 9.81. The minimum absolute atomic E-state index is 0.0130. The van der Waals surface area contributed by atoms with Gasteiger partial charge in [-0.25, -0.2) is 9.36 Å². The lowest BCUT2D eigenvalue weighted by molar-refractivity contribution is -0.142. The van der Waals surface area contributed by atoms with Crippen molar-refractivity contribution >= 4 is 37.1 Å². The van der Waals surface area contributed by atoms with Gasteiger partial charge in [0.05, 0.1) is 0 Å². The molecule has 14 heteroatoms. The van der Waals surface area contributed by atoms with Crippen LogP contribution in [-0.4, -0.2) is 70.2 Å². The fourth-order valence-corrected chi connectivity index (χ4v) is 5.18. The topological polar surface area (TPSA) is 200 Å². The van der Waals surface area contributed by atoms with Crippen LogP contribution >= 0.6 is 7.82 Å². The molecule has 1 aromatic carbocycles. The number of phosphoric ester groups is 1. The van der Waals surface area contributed by atoms with E-state index in [2.05, 4.69) is 20.5 Å². The molecule has 5 amide bonds. The average Bonchev–Trinajstić information content (AvgIpc) is 3.52. The van der Waals surface area contributed by atoms with E-state index in [1.165, 1.54) is 18.2 Å². The van der Waals surface area contributed by atoms with E-state index in [9.17, 15) is 23.7 Å². The van der Waals surface area contributed by atoms with Gasteiger partial charge in [-0.1, -0.05) is 31.9 Å². The molecule has 3 rings (SSSR count). The number of carbonyl (C=O) groups excluding carboxylic acids is 4. The number of phosphoric acid groups is 1. The standard InChI is InChI=1S/C25H36N5O8P/c1-3-4-5-20(29-21(31)12-15(2)16-6-8-18(9-7-16)38-39(35,36)37)24(33)30-14-17-13-19(17)22(30)23(32)27-10-11-28-25(26)34/h6-9,12,17,19-20,22H,3-5,10-11,13-14H2,1-2H3,(H,27,32)(H,29,31)(H3,26,28,34)(H2,35,36,37)/b15-12+/t17-,19-,20+,22+/m1/s1. The van der Waals surface area contributed by atoms with Crippen LogP contribution in [-0.2, 0) is 18.9 Å². The zero-order chi connectivity index (χ0) is 28.7. The number of benzene rings is 1. The van der Waals surface area contributed by atoms with Crippen molar-refractivity contribution in [3.8, 4) is 5.75 Å². The van der Waals surface area contributed by atoms with Crippen LogP contribution in [0.2, 0.25) is 0 Å². The molecule has 0 bridgehead atoms. The highest BCUT2D eigenvalue weighted by Crippen LogP contribution is 2.49. The Morgan fingerprint density at radius 2 is 1.85 bits per heavy atom. The molecule has 2 aliphatic rings. The first-order chi connectivity index (χ1) is 18.4. The van der Waals surface area contributed by atoms with E-state index in [1.807, 2.05) is 6.92 Å². The van der Waals surface area contributed by atoms with Crippen LogP contribution < -0.4 is 26.2 Å². The summed E-state index contributed by atoms with van der Waals surface area (Å²) >= 11 is 0. The van der Waals surface area contributed by atoms with E-state index in [0.717, 1.165) is 12.8 Å². The molecule has 214 valence electrons.